The molecule has 0 aliphatic rings. The maximum Gasteiger partial charge on any atom is 0.190 e. The first-order chi connectivity index (χ1) is 19.2. The normalized spacial score (nSPS) is 11.3. The van der Waals surface area contributed by atoms with E-state index in [1.807, 2.05) is 36.4 Å². The number of pyridine rings is 1. The number of ether oxygens (including phenoxy) is 1. The van der Waals surface area contributed by atoms with Crippen molar-refractivity contribution >= 4 is 16.6 Å². The van der Waals surface area contributed by atoms with Gasteiger partial charge < -0.3 is 4.74 Å². The fourth-order valence-corrected chi connectivity index (χ4v) is 5.13. The van der Waals surface area contributed by atoms with Crippen LogP contribution in [0.15, 0.2) is 109 Å². The van der Waals surface area contributed by atoms with E-state index < -0.39 is 0 Å². The quantitative estimate of drug-likeness (QED) is 0.256. The second-order valence-corrected chi connectivity index (χ2v) is 9.43. The predicted molar refractivity (Wildman–Crippen MR) is 153 cm³/mol. The monoisotopic (exact) mass is 508 g/mol. The molecule has 0 unspecified atom stereocenters. The van der Waals surface area contributed by atoms with Crippen LogP contribution in [0, 0.1) is 6.92 Å². The van der Waals surface area contributed by atoms with Gasteiger partial charge in [-0.15, -0.1) is 5.10 Å². The highest BCUT2D eigenvalue weighted by Crippen LogP contribution is 2.40. The lowest BCUT2D eigenvalue weighted by Gasteiger charge is -2.15. The van der Waals surface area contributed by atoms with Crippen LogP contribution < -0.4 is 4.74 Å². The largest absolute Gasteiger partial charge is 0.497 e. The topological polar surface area (TPSA) is 70.1 Å². The molecule has 0 aliphatic heterocycles. The molecular formula is C32H24N6O. The average Bonchev–Trinajstić information content (AvgIpc) is 3.64. The Morgan fingerprint density at radius 3 is 2.18 bits per heavy atom. The number of aryl methyl sites for hydroxylation is 1. The van der Waals surface area contributed by atoms with Crippen LogP contribution in [0.5, 0.6) is 5.75 Å². The van der Waals surface area contributed by atoms with Gasteiger partial charge in [0.1, 0.15) is 11.6 Å². The Balaban J connectivity index is 1.62. The van der Waals surface area contributed by atoms with Crippen molar-refractivity contribution < 1.29 is 4.74 Å². The van der Waals surface area contributed by atoms with Crippen LogP contribution in [-0.2, 0) is 0 Å². The van der Waals surface area contributed by atoms with Crippen molar-refractivity contribution in [2.45, 2.75) is 6.92 Å². The van der Waals surface area contributed by atoms with E-state index in [0.29, 0.717) is 5.65 Å². The van der Waals surface area contributed by atoms with Gasteiger partial charge in [0.15, 0.2) is 5.65 Å². The first kappa shape index (κ1) is 22.9. The Bertz CT molecular complexity index is 1940. The maximum atomic E-state index is 5.46. The van der Waals surface area contributed by atoms with E-state index in [9.17, 15) is 0 Å². The van der Waals surface area contributed by atoms with E-state index in [0.717, 1.165) is 61.8 Å². The van der Waals surface area contributed by atoms with Crippen LogP contribution in [0.1, 0.15) is 5.56 Å². The molecule has 0 radical (unpaired) electrons. The van der Waals surface area contributed by atoms with Gasteiger partial charge in [-0.2, -0.15) is 4.52 Å². The number of nitrogens with zero attached hydrogens (tertiary/aromatic N) is 6. The smallest absolute Gasteiger partial charge is 0.190 e. The summed E-state index contributed by atoms with van der Waals surface area (Å²) < 4.78 is 9.45. The minimum atomic E-state index is 0.644. The summed E-state index contributed by atoms with van der Waals surface area (Å²) in [5, 5.41) is 13.9. The number of aromatic nitrogens is 6. The molecule has 188 valence electrons. The van der Waals surface area contributed by atoms with Gasteiger partial charge in [-0.1, -0.05) is 72.3 Å². The van der Waals surface area contributed by atoms with Crippen molar-refractivity contribution in [2.24, 2.45) is 0 Å². The minimum absolute atomic E-state index is 0.644. The molecule has 3 aromatic heterocycles. The molecule has 4 aromatic carbocycles. The highest BCUT2D eigenvalue weighted by atomic mass is 16.5. The number of rotatable bonds is 5. The summed E-state index contributed by atoms with van der Waals surface area (Å²) in [6.07, 6.45) is 0. The predicted octanol–water partition coefficient (Wildman–Crippen LogP) is 6.78. The molecule has 0 saturated carbocycles. The first-order valence-electron chi connectivity index (χ1n) is 12.7. The van der Waals surface area contributed by atoms with E-state index in [-0.39, 0.29) is 0 Å². The minimum Gasteiger partial charge on any atom is -0.497 e. The zero-order valence-electron chi connectivity index (χ0n) is 21.5. The standard InChI is InChI=1S/C32H24N6O/c1-21-13-18-28-24(19-21)20-27(32-34-35-36-38(28)32)31-33-29(22-9-5-3-6-10-22)30(23-11-7-4-8-12-23)37(31)25-14-16-26(39-2)17-15-25/h3-20H,1-2H3. The molecule has 0 spiro atoms. The summed E-state index contributed by atoms with van der Waals surface area (Å²) in [5.41, 5.74) is 8.48. The van der Waals surface area contributed by atoms with Crippen LogP contribution in [0.3, 0.4) is 0 Å². The lowest BCUT2D eigenvalue weighted by molar-refractivity contribution is 0.415. The fourth-order valence-electron chi connectivity index (χ4n) is 5.13. The van der Waals surface area contributed by atoms with Gasteiger partial charge in [-0.25, -0.2) is 4.98 Å². The van der Waals surface area contributed by atoms with Crippen LogP contribution in [0.25, 0.3) is 56.1 Å². The molecule has 0 N–H and O–H groups in total. The van der Waals surface area contributed by atoms with E-state index in [1.165, 1.54) is 0 Å². The van der Waals surface area contributed by atoms with Gasteiger partial charge in [0.05, 0.1) is 29.6 Å². The molecule has 7 rings (SSSR count). The van der Waals surface area contributed by atoms with E-state index in [4.69, 9.17) is 9.72 Å². The third kappa shape index (κ3) is 3.83. The van der Waals surface area contributed by atoms with Crippen molar-refractivity contribution in [3.8, 4) is 45.3 Å². The van der Waals surface area contributed by atoms with Gasteiger partial charge in [0.25, 0.3) is 0 Å². The second-order valence-electron chi connectivity index (χ2n) is 9.43. The van der Waals surface area contributed by atoms with Gasteiger partial charge in [-0.05, 0) is 59.8 Å². The molecule has 0 atom stereocenters. The van der Waals surface area contributed by atoms with Crippen molar-refractivity contribution in [1.29, 1.82) is 0 Å². The lowest BCUT2D eigenvalue weighted by atomic mass is 10.0. The molecule has 0 aliphatic carbocycles. The number of methoxy groups -OCH3 is 1. The van der Waals surface area contributed by atoms with E-state index in [2.05, 4.69) is 99.8 Å². The van der Waals surface area contributed by atoms with Gasteiger partial charge in [-0.3, -0.25) is 4.57 Å². The summed E-state index contributed by atoms with van der Waals surface area (Å²) in [7, 11) is 1.67. The number of fused-ring (bicyclic) bond motifs is 3. The summed E-state index contributed by atoms with van der Waals surface area (Å²) in [6, 6.07) is 37.1. The Hall–Kier alpha value is -5.30. The average molecular weight is 509 g/mol. The van der Waals surface area contributed by atoms with Gasteiger partial charge >= 0.3 is 0 Å². The summed E-state index contributed by atoms with van der Waals surface area (Å²) in [6.45, 7) is 2.09. The first-order valence-corrected chi connectivity index (χ1v) is 12.7. The molecule has 7 heteroatoms. The molecule has 39 heavy (non-hydrogen) atoms. The van der Waals surface area contributed by atoms with Crippen LogP contribution >= 0.6 is 0 Å². The lowest BCUT2D eigenvalue weighted by Crippen LogP contribution is -2.02. The Labute approximate surface area is 225 Å². The Morgan fingerprint density at radius 2 is 1.46 bits per heavy atom. The van der Waals surface area contributed by atoms with E-state index in [1.54, 1.807) is 11.6 Å². The molecule has 3 heterocycles. The molecule has 7 nitrogen and oxygen atoms in total. The van der Waals surface area contributed by atoms with Crippen LogP contribution in [-0.4, -0.2) is 36.7 Å². The van der Waals surface area contributed by atoms with Gasteiger partial charge in [0, 0.05) is 22.2 Å². The number of hydrogen-bond donors (Lipinski definition) is 0. The maximum absolute atomic E-state index is 5.46. The third-order valence-corrected chi connectivity index (χ3v) is 6.96. The zero-order valence-corrected chi connectivity index (χ0v) is 21.5. The van der Waals surface area contributed by atoms with Crippen LogP contribution in [0.2, 0.25) is 0 Å². The molecule has 0 saturated heterocycles. The molecule has 7 aromatic rings. The van der Waals surface area contributed by atoms with Crippen molar-refractivity contribution in [3.05, 3.63) is 115 Å². The summed E-state index contributed by atoms with van der Waals surface area (Å²) in [5.74, 6) is 1.54. The number of benzene rings is 4. The van der Waals surface area contributed by atoms with Crippen molar-refractivity contribution in [2.75, 3.05) is 7.11 Å². The van der Waals surface area contributed by atoms with Crippen LogP contribution in [0.4, 0.5) is 0 Å². The van der Waals surface area contributed by atoms with Crippen molar-refractivity contribution in [1.82, 2.24) is 29.6 Å². The molecule has 0 fully saturated rings. The Morgan fingerprint density at radius 1 is 0.744 bits per heavy atom. The molecular weight excluding hydrogens is 484 g/mol. The second kappa shape index (κ2) is 9.22. The SMILES string of the molecule is COc1ccc(-n2c(-c3cc4cc(C)ccc4n4nnnc34)nc(-c3ccccc3)c2-c2ccccc2)cc1. The highest BCUT2D eigenvalue weighted by Gasteiger charge is 2.25. The van der Waals surface area contributed by atoms with Crippen molar-refractivity contribution in [3.63, 3.8) is 0 Å². The highest BCUT2D eigenvalue weighted by molar-refractivity contribution is 5.93. The molecule has 0 bridgehead atoms. The van der Waals surface area contributed by atoms with E-state index >= 15 is 0 Å². The number of tetrazole rings is 1. The number of hydrogen-bond acceptors (Lipinski definition) is 5. The zero-order chi connectivity index (χ0) is 26.3. The third-order valence-electron chi connectivity index (χ3n) is 6.96. The Kier molecular flexibility index (Phi) is 5.41. The molecule has 0 amide bonds. The number of imidazole rings is 1. The fraction of sp³-hybridized carbons (Fsp3) is 0.0625. The summed E-state index contributed by atoms with van der Waals surface area (Å²) in [4.78, 5) is 5.33. The van der Waals surface area contributed by atoms with Gasteiger partial charge in [0.2, 0.25) is 0 Å². The summed E-state index contributed by atoms with van der Waals surface area (Å²) >= 11 is 0.